The van der Waals surface area contributed by atoms with Crippen molar-refractivity contribution in [3.8, 4) is 11.5 Å². The molecule has 2 heterocycles. The van der Waals surface area contributed by atoms with Crippen molar-refractivity contribution in [3.05, 3.63) is 81.7 Å². The monoisotopic (exact) mass is 463 g/mol. The maximum Gasteiger partial charge on any atom is 0.290 e. The van der Waals surface area contributed by atoms with Crippen molar-refractivity contribution in [1.29, 1.82) is 0 Å². The standard InChI is InChI=1S/C27H29NO6/c1-5-13-33-21-11-9-18(16-22(21)32-6-2)24-23-25(29)19-15-17(3)8-10-20(19)34-26(23)27(30)28(24)12-7-14-31-4/h5,8-11,15-16,24H,1,6-7,12-14H2,2-4H3/t24-/m0/s1. The predicted octanol–water partition coefficient (Wildman–Crippen LogP) is 4.65. The number of amides is 1. The fourth-order valence-electron chi connectivity index (χ4n) is 4.32. The van der Waals surface area contributed by atoms with Gasteiger partial charge in [-0.05, 0) is 50.1 Å². The molecule has 1 aromatic heterocycles. The number of carbonyl (C=O) groups excluding carboxylic acids is 1. The molecular weight excluding hydrogens is 434 g/mol. The van der Waals surface area contributed by atoms with E-state index >= 15 is 0 Å². The van der Waals surface area contributed by atoms with Crippen LogP contribution < -0.4 is 14.9 Å². The zero-order chi connectivity index (χ0) is 24.2. The normalized spacial score (nSPS) is 15.0. The van der Waals surface area contributed by atoms with Gasteiger partial charge in [0.15, 0.2) is 16.9 Å². The van der Waals surface area contributed by atoms with Crippen LogP contribution in [0.1, 0.15) is 46.6 Å². The van der Waals surface area contributed by atoms with E-state index in [-0.39, 0.29) is 17.1 Å². The van der Waals surface area contributed by atoms with E-state index in [1.807, 2.05) is 32.0 Å². The van der Waals surface area contributed by atoms with Crippen LogP contribution in [0.4, 0.5) is 0 Å². The minimum Gasteiger partial charge on any atom is -0.490 e. The number of hydrogen-bond donors (Lipinski definition) is 0. The first-order valence-corrected chi connectivity index (χ1v) is 11.4. The van der Waals surface area contributed by atoms with Gasteiger partial charge in [-0.15, -0.1) is 0 Å². The van der Waals surface area contributed by atoms with Gasteiger partial charge in [0.2, 0.25) is 5.76 Å². The molecule has 0 saturated heterocycles. The first-order valence-electron chi connectivity index (χ1n) is 11.4. The first kappa shape index (κ1) is 23.6. The summed E-state index contributed by atoms with van der Waals surface area (Å²) in [5.74, 6) is 0.900. The summed E-state index contributed by atoms with van der Waals surface area (Å²) < 4.78 is 22.7. The van der Waals surface area contributed by atoms with Crippen molar-refractivity contribution < 1.29 is 23.4 Å². The van der Waals surface area contributed by atoms with Crippen LogP contribution in [0.5, 0.6) is 11.5 Å². The van der Waals surface area contributed by atoms with Gasteiger partial charge in [-0.1, -0.05) is 30.4 Å². The Morgan fingerprint density at radius 3 is 2.68 bits per heavy atom. The molecule has 34 heavy (non-hydrogen) atoms. The SMILES string of the molecule is C=CCOc1ccc([C@H]2c3c(oc4ccc(C)cc4c3=O)C(=O)N2CCCOC)cc1OCC. The van der Waals surface area contributed by atoms with E-state index in [4.69, 9.17) is 18.6 Å². The summed E-state index contributed by atoms with van der Waals surface area (Å²) in [5.41, 5.74) is 2.25. The van der Waals surface area contributed by atoms with Crippen LogP contribution in [-0.2, 0) is 4.74 Å². The third-order valence-corrected chi connectivity index (χ3v) is 5.81. The quantitative estimate of drug-likeness (QED) is 0.322. The summed E-state index contributed by atoms with van der Waals surface area (Å²) in [6.45, 7) is 9.18. The number of ether oxygens (including phenoxy) is 3. The van der Waals surface area contributed by atoms with Gasteiger partial charge in [-0.2, -0.15) is 0 Å². The highest BCUT2D eigenvalue weighted by atomic mass is 16.5. The van der Waals surface area contributed by atoms with Crippen molar-refractivity contribution in [3.63, 3.8) is 0 Å². The minimum absolute atomic E-state index is 0.0914. The van der Waals surface area contributed by atoms with Gasteiger partial charge in [-0.3, -0.25) is 9.59 Å². The largest absolute Gasteiger partial charge is 0.490 e. The summed E-state index contributed by atoms with van der Waals surface area (Å²) in [6, 6.07) is 10.3. The molecule has 3 aromatic rings. The third-order valence-electron chi connectivity index (χ3n) is 5.81. The average Bonchev–Trinajstić information content (AvgIpc) is 3.11. The second-order valence-corrected chi connectivity index (χ2v) is 8.16. The Labute approximate surface area is 198 Å². The average molecular weight is 464 g/mol. The smallest absolute Gasteiger partial charge is 0.290 e. The molecule has 4 rings (SSSR count). The zero-order valence-corrected chi connectivity index (χ0v) is 19.8. The summed E-state index contributed by atoms with van der Waals surface area (Å²) in [4.78, 5) is 28.8. The molecule has 0 unspecified atom stereocenters. The molecule has 1 aliphatic heterocycles. The predicted molar refractivity (Wildman–Crippen MR) is 130 cm³/mol. The topological polar surface area (TPSA) is 78.2 Å². The summed E-state index contributed by atoms with van der Waals surface area (Å²) >= 11 is 0. The fourth-order valence-corrected chi connectivity index (χ4v) is 4.32. The molecule has 0 fully saturated rings. The lowest BCUT2D eigenvalue weighted by Crippen LogP contribution is -2.31. The van der Waals surface area contributed by atoms with Crippen LogP contribution in [0.2, 0.25) is 0 Å². The number of carbonyl (C=O) groups is 1. The molecule has 0 N–H and O–H groups in total. The second-order valence-electron chi connectivity index (χ2n) is 8.16. The number of methoxy groups -OCH3 is 1. The molecule has 0 spiro atoms. The first-order chi connectivity index (χ1) is 16.5. The van der Waals surface area contributed by atoms with Crippen LogP contribution >= 0.6 is 0 Å². The second kappa shape index (κ2) is 10.1. The molecule has 1 amide bonds. The Hall–Kier alpha value is -3.58. The van der Waals surface area contributed by atoms with E-state index in [9.17, 15) is 9.59 Å². The highest BCUT2D eigenvalue weighted by molar-refractivity contribution is 5.99. The molecule has 0 bridgehead atoms. The van der Waals surface area contributed by atoms with Crippen LogP contribution in [0, 0.1) is 6.92 Å². The fraction of sp³-hybridized carbons (Fsp3) is 0.333. The Bertz CT molecular complexity index is 1280. The minimum atomic E-state index is -0.604. The number of aryl methyl sites for hydroxylation is 1. The molecule has 0 saturated carbocycles. The number of nitrogens with zero attached hydrogens (tertiary/aromatic N) is 1. The lowest BCUT2D eigenvalue weighted by molar-refractivity contribution is 0.0707. The maximum absolute atomic E-state index is 13.7. The summed E-state index contributed by atoms with van der Waals surface area (Å²) in [6.07, 6.45) is 2.28. The van der Waals surface area contributed by atoms with Gasteiger partial charge in [0.25, 0.3) is 5.91 Å². The Balaban J connectivity index is 1.88. The van der Waals surface area contributed by atoms with Gasteiger partial charge in [0.1, 0.15) is 12.2 Å². The highest BCUT2D eigenvalue weighted by Gasteiger charge is 2.42. The van der Waals surface area contributed by atoms with E-state index in [0.29, 0.717) is 60.8 Å². The highest BCUT2D eigenvalue weighted by Crippen LogP contribution is 2.41. The van der Waals surface area contributed by atoms with Crippen LogP contribution in [0.15, 0.2) is 58.3 Å². The summed E-state index contributed by atoms with van der Waals surface area (Å²) in [5, 5.41) is 0.464. The lowest BCUT2D eigenvalue weighted by atomic mass is 9.97. The lowest BCUT2D eigenvalue weighted by Gasteiger charge is -2.26. The van der Waals surface area contributed by atoms with E-state index in [1.54, 1.807) is 36.3 Å². The van der Waals surface area contributed by atoms with Gasteiger partial charge < -0.3 is 23.5 Å². The van der Waals surface area contributed by atoms with Gasteiger partial charge in [0, 0.05) is 20.3 Å². The third kappa shape index (κ3) is 4.31. The van der Waals surface area contributed by atoms with Gasteiger partial charge >= 0.3 is 0 Å². The van der Waals surface area contributed by atoms with Crippen molar-refractivity contribution in [1.82, 2.24) is 4.90 Å². The van der Waals surface area contributed by atoms with Crippen molar-refractivity contribution >= 4 is 16.9 Å². The van der Waals surface area contributed by atoms with Crippen LogP contribution in [-0.4, -0.2) is 44.3 Å². The van der Waals surface area contributed by atoms with Gasteiger partial charge in [-0.25, -0.2) is 0 Å². The maximum atomic E-state index is 13.7. The number of hydrogen-bond acceptors (Lipinski definition) is 6. The number of benzene rings is 2. The van der Waals surface area contributed by atoms with Crippen molar-refractivity contribution in [2.24, 2.45) is 0 Å². The van der Waals surface area contributed by atoms with E-state index in [1.165, 1.54) is 0 Å². The number of rotatable bonds is 10. The molecule has 7 heteroatoms. The molecular formula is C27H29NO6. The molecule has 0 radical (unpaired) electrons. The van der Waals surface area contributed by atoms with Crippen LogP contribution in [0.25, 0.3) is 11.0 Å². The molecule has 7 nitrogen and oxygen atoms in total. The molecule has 178 valence electrons. The molecule has 1 aliphatic rings. The van der Waals surface area contributed by atoms with E-state index in [0.717, 1.165) is 11.1 Å². The van der Waals surface area contributed by atoms with Crippen LogP contribution in [0.3, 0.4) is 0 Å². The Kier molecular flexibility index (Phi) is 7.03. The van der Waals surface area contributed by atoms with E-state index < -0.39 is 6.04 Å². The Morgan fingerprint density at radius 1 is 1.12 bits per heavy atom. The van der Waals surface area contributed by atoms with Crippen molar-refractivity contribution in [2.45, 2.75) is 26.3 Å². The molecule has 0 aliphatic carbocycles. The Morgan fingerprint density at radius 2 is 1.94 bits per heavy atom. The summed E-state index contributed by atoms with van der Waals surface area (Å²) in [7, 11) is 1.62. The van der Waals surface area contributed by atoms with Crippen molar-refractivity contribution in [2.75, 3.05) is 33.5 Å². The van der Waals surface area contributed by atoms with E-state index in [2.05, 4.69) is 6.58 Å². The van der Waals surface area contributed by atoms with Gasteiger partial charge in [0.05, 0.1) is 23.6 Å². The molecule has 2 aromatic carbocycles. The zero-order valence-electron chi connectivity index (χ0n) is 19.8. The molecule has 1 atom stereocenters. The number of fused-ring (bicyclic) bond motifs is 2.